The van der Waals surface area contributed by atoms with Crippen LogP contribution in [-0.2, 0) is 30.4 Å². The van der Waals surface area contributed by atoms with Crippen molar-refractivity contribution in [1.82, 2.24) is 15.1 Å². The van der Waals surface area contributed by atoms with Crippen LogP contribution in [0.1, 0.15) is 83.4 Å². The van der Waals surface area contributed by atoms with E-state index in [4.69, 9.17) is 14.2 Å². The number of ether oxygens (including phenoxy) is 3. The fourth-order valence-electron chi connectivity index (χ4n) is 5.86. The van der Waals surface area contributed by atoms with E-state index in [-0.39, 0.29) is 30.2 Å². The number of aryl methyl sites for hydroxylation is 1. The van der Waals surface area contributed by atoms with Gasteiger partial charge in [0.05, 0.1) is 12.5 Å². The van der Waals surface area contributed by atoms with Crippen molar-refractivity contribution in [2.24, 2.45) is 0 Å². The first kappa shape index (κ1) is 35.9. The van der Waals surface area contributed by atoms with Crippen molar-refractivity contribution in [1.29, 1.82) is 0 Å². The van der Waals surface area contributed by atoms with E-state index in [0.717, 1.165) is 11.1 Å². The Morgan fingerprint density at radius 2 is 1.55 bits per heavy atom. The lowest BCUT2D eigenvalue weighted by atomic mass is 9.87. The van der Waals surface area contributed by atoms with Crippen LogP contribution >= 0.6 is 0 Å². The van der Waals surface area contributed by atoms with Crippen LogP contribution in [0.4, 0.5) is 9.18 Å². The van der Waals surface area contributed by atoms with Crippen LogP contribution in [0.5, 0.6) is 5.75 Å². The second-order valence-electron chi connectivity index (χ2n) is 14.4. The number of likely N-dealkylation sites (tertiary alicyclic amines) is 2. The molecule has 2 fully saturated rings. The molecule has 0 aromatic heterocycles. The molecule has 256 valence electrons. The number of alkyl halides is 1. The van der Waals surface area contributed by atoms with Crippen LogP contribution in [0.3, 0.4) is 0 Å². The minimum Gasteiger partial charge on any atom is -0.458 e. The predicted molar refractivity (Wildman–Crippen MR) is 175 cm³/mol. The number of hydrogen-bond donors (Lipinski definition) is 1. The standard InChI is InChI=1S/C36H48FN3O7/c1-23-8-10-24(11-9-23)21-40-19-17-30(32(40)42)39-18-16-27(28(37)22-39)25-12-14-26(15-13-25)45-31(41)20-29(33(43)46-35(2,3)4)38-34(44)47-36(5,6)7/h8-15,27-30H,16-22H2,1-7H3,(H,38,44)/t27-,28?,29-,30+/m0/s1. The highest BCUT2D eigenvalue weighted by atomic mass is 19.1. The summed E-state index contributed by atoms with van der Waals surface area (Å²) in [7, 11) is 0. The van der Waals surface area contributed by atoms with Gasteiger partial charge in [0.1, 0.15) is 29.2 Å². The maximum absolute atomic E-state index is 15.6. The van der Waals surface area contributed by atoms with E-state index in [1.54, 1.807) is 65.8 Å². The van der Waals surface area contributed by atoms with Crippen molar-refractivity contribution in [3.63, 3.8) is 0 Å². The van der Waals surface area contributed by atoms with Crippen LogP contribution in [0.2, 0.25) is 0 Å². The van der Waals surface area contributed by atoms with Gasteiger partial charge >= 0.3 is 18.0 Å². The molecule has 2 aromatic rings. The molecule has 11 heteroatoms. The summed E-state index contributed by atoms with van der Waals surface area (Å²) in [5.74, 6) is -1.64. The van der Waals surface area contributed by atoms with Gasteiger partial charge < -0.3 is 24.4 Å². The third-order valence-corrected chi connectivity index (χ3v) is 8.07. The van der Waals surface area contributed by atoms with Crippen molar-refractivity contribution < 1.29 is 37.8 Å². The summed E-state index contributed by atoms with van der Waals surface area (Å²) in [6.07, 6.45) is -1.28. The molecule has 0 spiro atoms. The summed E-state index contributed by atoms with van der Waals surface area (Å²) in [4.78, 5) is 55.0. The number of benzene rings is 2. The summed E-state index contributed by atoms with van der Waals surface area (Å²) in [6, 6.07) is 13.1. The molecule has 0 radical (unpaired) electrons. The number of alkyl carbamates (subject to hydrolysis) is 1. The molecule has 2 aliphatic heterocycles. The first-order valence-electron chi connectivity index (χ1n) is 16.2. The van der Waals surface area contributed by atoms with E-state index >= 15 is 4.39 Å². The number of piperidine rings is 1. The zero-order valence-electron chi connectivity index (χ0n) is 28.5. The Hall–Kier alpha value is -3.99. The molecule has 2 aliphatic rings. The van der Waals surface area contributed by atoms with Crippen molar-refractivity contribution in [3.8, 4) is 5.75 Å². The molecule has 4 atom stereocenters. The number of amides is 2. The van der Waals surface area contributed by atoms with Crippen molar-refractivity contribution in [2.75, 3.05) is 19.6 Å². The fourth-order valence-corrected chi connectivity index (χ4v) is 5.86. The molecule has 0 aliphatic carbocycles. The Morgan fingerprint density at radius 3 is 2.15 bits per heavy atom. The molecule has 0 bridgehead atoms. The quantitative estimate of drug-likeness (QED) is 0.281. The number of esters is 2. The maximum atomic E-state index is 15.6. The van der Waals surface area contributed by atoms with Gasteiger partial charge in [-0.05, 0) is 91.1 Å². The summed E-state index contributed by atoms with van der Waals surface area (Å²) in [6.45, 7) is 14.1. The van der Waals surface area contributed by atoms with Gasteiger partial charge in [-0.3, -0.25) is 14.5 Å². The summed E-state index contributed by atoms with van der Waals surface area (Å²) >= 11 is 0. The molecule has 2 heterocycles. The van der Waals surface area contributed by atoms with Gasteiger partial charge in [0, 0.05) is 25.6 Å². The number of rotatable bonds is 9. The number of carbonyl (C=O) groups excluding carboxylic acids is 4. The maximum Gasteiger partial charge on any atom is 0.408 e. The topological polar surface area (TPSA) is 114 Å². The third kappa shape index (κ3) is 10.5. The lowest BCUT2D eigenvalue weighted by molar-refractivity contribution is -0.159. The average molecular weight is 654 g/mol. The molecular formula is C36H48FN3O7. The first-order chi connectivity index (χ1) is 22.0. The Balaban J connectivity index is 1.31. The Labute approximate surface area is 276 Å². The lowest BCUT2D eigenvalue weighted by Crippen LogP contribution is -2.49. The van der Waals surface area contributed by atoms with Gasteiger partial charge in [0.2, 0.25) is 5.91 Å². The van der Waals surface area contributed by atoms with E-state index in [9.17, 15) is 19.2 Å². The highest BCUT2D eigenvalue weighted by Gasteiger charge is 2.40. The van der Waals surface area contributed by atoms with Gasteiger partial charge in [-0.1, -0.05) is 42.0 Å². The van der Waals surface area contributed by atoms with Crippen molar-refractivity contribution >= 4 is 23.9 Å². The number of nitrogens with zero attached hydrogens (tertiary/aromatic N) is 2. The minimum absolute atomic E-state index is 0.0533. The zero-order chi connectivity index (χ0) is 34.5. The summed E-state index contributed by atoms with van der Waals surface area (Å²) in [5, 5.41) is 2.41. The minimum atomic E-state index is -1.32. The second kappa shape index (κ2) is 14.8. The molecule has 0 saturated carbocycles. The molecule has 2 saturated heterocycles. The van der Waals surface area contributed by atoms with E-state index in [1.165, 1.54) is 5.56 Å². The highest BCUT2D eigenvalue weighted by Crippen LogP contribution is 2.34. The first-order valence-corrected chi connectivity index (χ1v) is 16.2. The predicted octanol–water partition coefficient (Wildman–Crippen LogP) is 5.45. The Kier molecular flexibility index (Phi) is 11.3. The zero-order valence-corrected chi connectivity index (χ0v) is 28.5. The van der Waals surface area contributed by atoms with Crippen molar-refractivity contribution in [3.05, 3.63) is 65.2 Å². The molecule has 2 aromatic carbocycles. The van der Waals surface area contributed by atoms with Crippen LogP contribution in [-0.4, -0.2) is 82.8 Å². The molecule has 1 unspecified atom stereocenters. The van der Waals surface area contributed by atoms with Gasteiger partial charge in [-0.25, -0.2) is 14.0 Å². The fraction of sp³-hybridized carbons (Fsp3) is 0.556. The van der Waals surface area contributed by atoms with Crippen LogP contribution < -0.4 is 10.1 Å². The monoisotopic (exact) mass is 653 g/mol. The summed E-state index contributed by atoms with van der Waals surface area (Å²) < 4.78 is 31.6. The number of carbonyl (C=O) groups is 4. The Bertz CT molecular complexity index is 1420. The van der Waals surface area contributed by atoms with E-state index in [1.807, 2.05) is 41.0 Å². The normalized spacial score (nSPS) is 21.2. The molecular weight excluding hydrogens is 605 g/mol. The van der Waals surface area contributed by atoms with Gasteiger partial charge in [0.15, 0.2) is 0 Å². The molecule has 10 nitrogen and oxygen atoms in total. The largest absolute Gasteiger partial charge is 0.458 e. The number of halogens is 1. The third-order valence-electron chi connectivity index (χ3n) is 8.07. The van der Waals surface area contributed by atoms with Gasteiger partial charge in [0.25, 0.3) is 0 Å². The smallest absolute Gasteiger partial charge is 0.408 e. The number of hydrogen-bond acceptors (Lipinski definition) is 8. The number of nitrogens with one attached hydrogen (secondary N) is 1. The van der Waals surface area contributed by atoms with Gasteiger partial charge in [-0.2, -0.15) is 0 Å². The van der Waals surface area contributed by atoms with E-state index in [2.05, 4.69) is 5.32 Å². The van der Waals surface area contributed by atoms with Crippen LogP contribution in [0.25, 0.3) is 0 Å². The molecule has 2 amide bonds. The van der Waals surface area contributed by atoms with E-state index < -0.39 is 47.9 Å². The Morgan fingerprint density at radius 1 is 0.915 bits per heavy atom. The van der Waals surface area contributed by atoms with Crippen LogP contribution in [0.15, 0.2) is 48.5 Å². The molecule has 47 heavy (non-hydrogen) atoms. The van der Waals surface area contributed by atoms with E-state index in [0.29, 0.717) is 32.5 Å². The highest BCUT2D eigenvalue weighted by molar-refractivity contribution is 5.87. The average Bonchev–Trinajstić information content (AvgIpc) is 3.32. The summed E-state index contributed by atoms with van der Waals surface area (Å²) in [5.41, 5.74) is 1.38. The second-order valence-corrected chi connectivity index (χ2v) is 14.4. The SMILES string of the molecule is Cc1ccc(CN2CC[C@@H](N3CC[C@@H](c4ccc(OC(=O)C[C@H](NC(=O)OC(C)(C)C)C(=O)OC(C)(C)C)cc4)C(F)C3)C2=O)cc1. The molecule has 1 N–H and O–H groups in total. The van der Waals surface area contributed by atoms with Crippen LogP contribution in [0, 0.1) is 6.92 Å². The molecule has 4 rings (SSSR count). The lowest BCUT2D eigenvalue weighted by Gasteiger charge is -2.37. The van der Waals surface area contributed by atoms with Crippen molar-refractivity contribution in [2.45, 2.75) is 110 Å². The van der Waals surface area contributed by atoms with Gasteiger partial charge in [-0.15, -0.1) is 0 Å².